The van der Waals surface area contributed by atoms with Crippen LogP contribution >= 0.6 is 0 Å². The van der Waals surface area contributed by atoms with Crippen molar-refractivity contribution in [2.24, 2.45) is 7.05 Å². The van der Waals surface area contributed by atoms with E-state index in [1.54, 1.807) is 30.9 Å². The number of aromatic nitrogens is 1. The van der Waals surface area contributed by atoms with Crippen molar-refractivity contribution < 1.29 is 14.3 Å². The molecule has 2 heterocycles. The zero-order chi connectivity index (χ0) is 18.7. The van der Waals surface area contributed by atoms with Gasteiger partial charge in [-0.05, 0) is 31.2 Å². The Labute approximate surface area is 153 Å². The van der Waals surface area contributed by atoms with Crippen LogP contribution in [0, 0.1) is 6.92 Å². The number of rotatable bonds is 4. The van der Waals surface area contributed by atoms with Gasteiger partial charge in [0.25, 0.3) is 11.5 Å². The Kier molecular flexibility index (Phi) is 5.30. The largest absolute Gasteiger partial charge is 0.497 e. The maximum absolute atomic E-state index is 12.6. The molecule has 0 spiro atoms. The molecule has 0 bridgehead atoms. The molecule has 2 aromatic rings. The van der Waals surface area contributed by atoms with Crippen molar-refractivity contribution in [3.8, 4) is 11.5 Å². The van der Waals surface area contributed by atoms with Gasteiger partial charge in [-0.1, -0.05) is 6.07 Å². The Morgan fingerprint density at radius 3 is 2.50 bits per heavy atom. The topological polar surface area (TPSA) is 60.8 Å². The molecule has 0 N–H and O–H groups in total. The lowest BCUT2D eigenvalue weighted by molar-refractivity contribution is 0.0594. The molecule has 1 saturated heterocycles. The van der Waals surface area contributed by atoms with Crippen molar-refractivity contribution >= 4 is 5.91 Å². The Balaban J connectivity index is 1.60. The summed E-state index contributed by atoms with van der Waals surface area (Å²) < 4.78 is 12.7. The molecular formula is C20H24N2O4. The van der Waals surface area contributed by atoms with Gasteiger partial charge in [0.05, 0.1) is 7.11 Å². The van der Waals surface area contributed by atoms with Crippen molar-refractivity contribution in [3.05, 3.63) is 58.0 Å². The van der Waals surface area contributed by atoms with Gasteiger partial charge in [0.15, 0.2) is 0 Å². The number of benzene rings is 1. The molecule has 0 atom stereocenters. The van der Waals surface area contributed by atoms with E-state index in [-0.39, 0.29) is 17.6 Å². The summed E-state index contributed by atoms with van der Waals surface area (Å²) in [6.07, 6.45) is 1.49. The van der Waals surface area contributed by atoms with Crippen LogP contribution in [0.2, 0.25) is 0 Å². The maximum Gasteiger partial charge on any atom is 0.254 e. The van der Waals surface area contributed by atoms with Crippen molar-refractivity contribution in [1.82, 2.24) is 9.47 Å². The fourth-order valence-electron chi connectivity index (χ4n) is 3.11. The van der Waals surface area contributed by atoms with E-state index in [0.29, 0.717) is 30.2 Å². The molecule has 0 saturated carbocycles. The van der Waals surface area contributed by atoms with Crippen LogP contribution in [0.1, 0.15) is 28.9 Å². The van der Waals surface area contributed by atoms with Gasteiger partial charge >= 0.3 is 0 Å². The second kappa shape index (κ2) is 7.64. The molecular weight excluding hydrogens is 332 g/mol. The molecule has 1 amide bonds. The van der Waals surface area contributed by atoms with E-state index in [0.717, 1.165) is 18.5 Å². The number of aryl methyl sites for hydroxylation is 1. The third-order valence-corrected chi connectivity index (χ3v) is 4.83. The van der Waals surface area contributed by atoms with E-state index < -0.39 is 0 Å². The van der Waals surface area contributed by atoms with Crippen LogP contribution in [-0.4, -0.2) is 41.7 Å². The third-order valence-electron chi connectivity index (χ3n) is 4.83. The number of methoxy groups -OCH3 is 1. The number of amides is 1. The molecule has 0 radical (unpaired) electrons. The molecule has 1 fully saturated rings. The molecule has 1 aromatic heterocycles. The van der Waals surface area contributed by atoms with Gasteiger partial charge in [-0.2, -0.15) is 0 Å². The van der Waals surface area contributed by atoms with Crippen LogP contribution in [0.3, 0.4) is 0 Å². The predicted molar refractivity (Wildman–Crippen MR) is 99.0 cm³/mol. The smallest absolute Gasteiger partial charge is 0.254 e. The van der Waals surface area contributed by atoms with Crippen LogP contribution in [-0.2, 0) is 7.05 Å². The molecule has 0 unspecified atom stereocenters. The summed E-state index contributed by atoms with van der Waals surface area (Å²) in [4.78, 5) is 26.4. The summed E-state index contributed by atoms with van der Waals surface area (Å²) in [5, 5.41) is 0. The maximum atomic E-state index is 12.6. The number of pyridine rings is 1. The Hall–Kier alpha value is -2.76. The lowest BCUT2D eigenvalue weighted by Gasteiger charge is -2.32. The van der Waals surface area contributed by atoms with Crippen molar-refractivity contribution in [2.45, 2.75) is 25.9 Å². The van der Waals surface area contributed by atoms with Gasteiger partial charge in [-0.25, -0.2) is 0 Å². The van der Waals surface area contributed by atoms with Gasteiger partial charge in [-0.3, -0.25) is 9.59 Å². The first-order valence-electron chi connectivity index (χ1n) is 8.75. The summed E-state index contributed by atoms with van der Waals surface area (Å²) in [7, 11) is 3.33. The Bertz CT molecular complexity index is 851. The summed E-state index contributed by atoms with van der Waals surface area (Å²) in [5.41, 5.74) is 1.41. The first-order chi connectivity index (χ1) is 12.5. The Morgan fingerprint density at radius 2 is 1.85 bits per heavy atom. The van der Waals surface area contributed by atoms with Crippen LogP contribution in [0.4, 0.5) is 0 Å². The standard InChI is InChI=1S/C20H24N2O4/c1-14-11-18(13-19(23)21(14)2)26-16-7-9-22(10-8-16)20(24)15-5-4-6-17(12-15)25-3/h4-6,11-13,16H,7-10H2,1-3H3. The lowest BCUT2D eigenvalue weighted by atomic mass is 10.1. The van der Waals surface area contributed by atoms with E-state index in [4.69, 9.17) is 9.47 Å². The van der Waals surface area contributed by atoms with Crippen molar-refractivity contribution in [2.75, 3.05) is 20.2 Å². The van der Waals surface area contributed by atoms with Gasteiger partial charge in [0.2, 0.25) is 0 Å². The monoisotopic (exact) mass is 356 g/mol. The minimum Gasteiger partial charge on any atom is -0.497 e. The van der Waals surface area contributed by atoms with Gasteiger partial charge in [0.1, 0.15) is 17.6 Å². The fourth-order valence-corrected chi connectivity index (χ4v) is 3.11. The average Bonchev–Trinajstić information content (AvgIpc) is 2.66. The van der Waals surface area contributed by atoms with E-state index in [2.05, 4.69) is 0 Å². The molecule has 1 aliphatic heterocycles. The summed E-state index contributed by atoms with van der Waals surface area (Å²) in [6.45, 7) is 3.14. The summed E-state index contributed by atoms with van der Waals surface area (Å²) in [6, 6.07) is 10.6. The number of carbonyl (C=O) groups is 1. The summed E-state index contributed by atoms with van der Waals surface area (Å²) in [5.74, 6) is 1.28. The minimum absolute atomic E-state index is 0.00627. The molecule has 26 heavy (non-hydrogen) atoms. The van der Waals surface area contributed by atoms with Gasteiger partial charge < -0.3 is 18.9 Å². The first-order valence-corrected chi connectivity index (χ1v) is 8.75. The van der Waals surface area contributed by atoms with Crippen LogP contribution < -0.4 is 15.0 Å². The molecule has 1 aromatic carbocycles. The normalized spacial score (nSPS) is 15.0. The highest BCUT2D eigenvalue weighted by Gasteiger charge is 2.25. The highest BCUT2D eigenvalue weighted by Crippen LogP contribution is 2.21. The molecule has 6 nitrogen and oxygen atoms in total. The number of carbonyl (C=O) groups excluding carboxylic acids is 1. The number of ether oxygens (including phenoxy) is 2. The molecule has 1 aliphatic rings. The third kappa shape index (κ3) is 3.90. The van der Waals surface area contributed by atoms with Gasteiger partial charge in [0, 0.05) is 50.3 Å². The van der Waals surface area contributed by atoms with Crippen LogP contribution in [0.5, 0.6) is 11.5 Å². The SMILES string of the molecule is COc1cccc(C(=O)N2CCC(Oc3cc(C)n(C)c(=O)c3)CC2)c1. The highest BCUT2D eigenvalue weighted by atomic mass is 16.5. The molecule has 138 valence electrons. The second-order valence-corrected chi connectivity index (χ2v) is 6.57. The number of hydrogen-bond acceptors (Lipinski definition) is 4. The van der Waals surface area contributed by atoms with Crippen molar-refractivity contribution in [1.29, 1.82) is 0 Å². The molecule has 6 heteroatoms. The fraction of sp³-hybridized carbons (Fsp3) is 0.400. The number of likely N-dealkylation sites (tertiary alicyclic amines) is 1. The molecule has 3 rings (SSSR count). The predicted octanol–water partition coefficient (Wildman–Crippen LogP) is 2.39. The molecule has 0 aliphatic carbocycles. The zero-order valence-electron chi connectivity index (χ0n) is 15.4. The second-order valence-electron chi connectivity index (χ2n) is 6.57. The highest BCUT2D eigenvalue weighted by molar-refractivity contribution is 5.94. The lowest BCUT2D eigenvalue weighted by Crippen LogP contribution is -2.41. The van der Waals surface area contributed by atoms with E-state index in [1.165, 1.54) is 6.07 Å². The quantitative estimate of drug-likeness (QED) is 0.844. The van der Waals surface area contributed by atoms with E-state index >= 15 is 0 Å². The van der Waals surface area contributed by atoms with Gasteiger partial charge in [-0.15, -0.1) is 0 Å². The number of nitrogens with zero attached hydrogens (tertiary/aromatic N) is 2. The Morgan fingerprint density at radius 1 is 1.12 bits per heavy atom. The van der Waals surface area contributed by atoms with E-state index in [9.17, 15) is 9.59 Å². The minimum atomic E-state index is -0.0781. The zero-order valence-corrected chi connectivity index (χ0v) is 15.4. The van der Waals surface area contributed by atoms with Crippen LogP contribution in [0.15, 0.2) is 41.2 Å². The first kappa shape index (κ1) is 18.0. The van der Waals surface area contributed by atoms with Crippen LogP contribution in [0.25, 0.3) is 0 Å². The number of hydrogen-bond donors (Lipinski definition) is 0. The number of piperidine rings is 1. The summed E-state index contributed by atoms with van der Waals surface area (Å²) >= 11 is 0. The van der Waals surface area contributed by atoms with E-state index in [1.807, 2.05) is 30.0 Å². The van der Waals surface area contributed by atoms with Crippen molar-refractivity contribution in [3.63, 3.8) is 0 Å². The average molecular weight is 356 g/mol.